The Labute approximate surface area is 124 Å². The fourth-order valence-electron chi connectivity index (χ4n) is 2.38. The third-order valence-corrected chi connectivity index (χ3v) is 3.57. The molecule has 1 saturated heterocycles. The highest BCUT2D eigenvalue weighted by atomic mass is 16.6. The van der Waals surface area contributed by atoms with E-state index in [0.29, 0.717) is 5.92 Å². The summed E-state index contributed by atoms with van der Waals surface area (Å²) in [5.74, 6) is 1.38. The SMILES string of the molecule is CC(C)CCNCCC1CCN(C(=O)OC(C)(C)C)C1. The van der Waals surface area contributed by atoms with Crippen molar-refractivity contribution in [1.82, 2.24) is 10.2 Å². The standard InChI is InChI=1S/C16H32N2O2/c1-13(2)6-9-17-10-7-14-8-11-18(12-14)15(19)20-16(3,4)5/h13-14,17H,6-12H2,1-5H3. The summed E-state index contributed by atoms with van der Waals surface area (Å²) in [6, 6.07) is 0. The summed E-state index contributed by atoms with van der Waals surface area (Å²) in [5.41, 5.74) is -0.395. The normalized spacial score (nSPS) is 19.7. The molecule has 1 amide bonds. The molecule has 1 heterocycles. The van der Waals surface area contributed by atoms with E-state index in [1.807, 2.05) is 25.7 Å². The lowest BCUT2D eigenvalue weighted by atomic mass is 10.1. The van der Waals surface area contributed by atoms with E-state index in [2.05, 4.69) is 19.2 Å². The van der Waals surface area contributed by atoms with Crippen LogP contribution in [0.4, 0.5) is 4.79 Å². The van der Waals surface area contributed by atoms with Gasteiger partial charge >= 0.3 is 6.09 Å². The molecular weight excluding hydrogens is 252 g/mol. The van der Waals surface area contributed by atoms with E-state index in [1.54, 1.807) is 0 Å². The van der Waals surface area contributed by atoms with Crippen molar-refractivity contribution in [1.29, 1.82) is 0 Å². The fraction of sp³-hybridized carbons (Fsp3) is 0.938. The first kappa shape index (κ1) is 17.3. The maximum atomic E-state index is 11.9. The van der Waals surface area contributed by atoms with Gasteiger partial charge in [-0.25, -0.2) is 4.79 Å². The number of carbonyl (C=O) groups excluding carboxylic acids is 1. The number of nitrogens with one attached hydrogen (secondary N) is 1. The van der Waals surface area contributed by atoms with Crippen LogP contribution in [-0.4, -0.2) is 42.8 Å². The fourth-order valence-corrected chi connectivity index (χ4v) is 2.38. The zero-order valence-corrected chi connectivity index (χ0v) is 13.9. The molecule has 0 bridgehead atoms. The molecule has 0 aliphatic carbocycles. The number of nitrogens with zero attached hydrogens (tertiary/aromatic N) is 1. The van der Waals surface area contributed by atoms with Crippen LogP contribution in [0.25, 0.3) is 0 Å². The molecule has 118 valence electrons. The average Bonchev–Trinajstić information content (AvgIpc) is 2.74. The molecule has 1 aliphatic rings. The lowest BCUT2D eigenvalue weighted by molar-refractivity contribution is 0.0287. The van der Waals surface area contributed by atoms with Crippen LogP contribution in [0.5, 0.6) is 0 Å². The molecule has 1 N–H and O–H groups in total. The van der Waals surface area contributed by atoms with Gasteiger partial charge < -0.3 is 15.0 Å². The van der Waals surface area contributed by atoms with Crippen molar-refractivity contribution in [2.75, 3.05) is 26.2 Å². The van der Waals surface area contributed by atoms with Gasteiger partial charge in [-0.2, -0.15) is 0 Å². The molecule has 4 nitrogen and oxygen atoms in total. The van der Waals surface area contributed by atoms with E-state index in [1.165, 1.54) is 6.42 Å². The first-order valence-corrected chi connectivity index (χ1v) is 7.96. The molecule has 4 heteroatoms. The molecule has 0 aromatic carbocycles. The van der Waals surface area contributed by atoms with E-state index in [4.69, 9.17) is 4.74 Å². The zero-order chi connectivity index (χ0) is 15.2. The zero-order valence-electron chi connectivity index (χ0n) is 13.9. The number of hydrogen-bond acceptors (Lipinski definition) is 3. The van der Waals surface area contributed by atoms with Crippen LogP contribution in [0.1, 0.15) is 53.9 Å². The predicted octanol–water partition coefficient (Wildman–Crippen LogP) is 3.27. The molecule has 0 radical (unpaired) electrons. The third kappa shape index (κ3) is 7.13. The Bertz CT molecular complexity index is 297. The minimum Gasteiger partial charge on any atom is -0.444 e. The van der Waals surface area contributed by atoms with Crippen LogP contribution < -0.4 is 5.32 Å². The smallest absolute Gasteiger partial charge is 0.410 e. The maximum Gasteiger partial charge on any atom is 0.410 e. The van der Waals surface area contributed by atoms with Crippen LogP contribution >= 0.6 is 0 Å². The molecule has 1 atom stereocenters. The van der Waals surface area contributed by atoms with E-state index in [-0.39, 0.29) is 6.09 Å². The topological polar surface area (TPSA) is 41.6 Å². The number of ether oxygens (including phenoxy) is 1. The Kier molecular flexibility index (Phi) is 6.80. The van der Waals surface area contributed by atoms with Gasteiger partial charge in [0.05, 0.1) is 0 Å². The number of likely N-dealkylation sites (tertiary alicyclic amines) is 1. The van der Waals surface area contributed by atoms with E-state index < -0.39 is 5.60 Å². The van der Waals surface area contributed by atoms with Crippen molar-refractivity contribution in [2.24, 2.45) is 11.8 Å². The van der Waals surface area contributed by atoms with E-state index in [9.17, 15) is 4.79 Å². The largest absolute Gasteiger partial charge is 0.444 e. The van der Waals surface area contributed by atoms with E-state index in [0.717, 1.165) is 44.9 Å². The number of rotatable bonds is 6. The van der Waals surface area contributed by atoms with Gasteiger partial charge in [0.25, 0.3) is 0 Å². The lowest BCUT2D eigenvalue weighted by Gasteiger charge is -2.24. The van der Waals surface area contributed by atoms with Gasteiger partial charge in [0.15, 0.2) is 0 Å². The molecule has 1 rings (SSSR count). The van der Waals surface area contributed by atoms with Crippen molar-refractivity contribution in [3.8, 4) is 0 Å². The van der Waals surface area contributed by atoms with Crippen LogP contribution in [0.2, 0.25) is 0 Å². The third-order valence-electron chi connectivity index (χ3n) is 3.57. The van der Waals surface area contributed by atoms with Crippen LogP contribution in [0.15, 0.2) is 0 Å². The van der Waals surface area contributed by atoms with Gasteiger partial charge in [0.2, 0.25) is 0 Å². The van der Waals surface area contributed by atoms with Gasteiger partial charge in [-0.15, -0.1) is 0 Å². The molecule has 0 aromatic rings. The van der Waals surface area contributed by atoms with Crippen molar-refractivity contribution in [3.63, 3.8) is 0 Å². The minimum absolute atomic E-state index is 0.159. The lowest BCUT2D eigenvalue weighted by Crippen LogP contribution is -2.35. The first-order valence-electron chi connectivity index (χ1n) is 7.96. The molecular formula is C16H32N2O2. The number of carbonyl (C=O) groups is 1. The van der Waals surface area contributed by atoms with Crippen molar-refractivity contribution in [2.45, 2.75) is 59.5 Å². The Balaban J connectivity index is 2.15. The van der Waals surface area contributed by atoms with Crippen molar-refractivity contribution >= 4 is 6.09 Å². The monoisotopic (exact) mass is 284 g/mol. The Morgan fingerprint density at radius 1 is 1.35 bits per heavy atom. The van der Waals surface area contributed by atoms with Gasteiger partial charge in [-0.3, -0.25) is 0 Å². The summed E-state index contributed by atoms with van der Waals surface area (Å²) in [7, 11) is 0. The summed E-state index contributed by atoms with van der Waals surface area (Å²) >= 11 is 0. The summed E-state index contributed by atoms with van der Waals surface area (Å²) in [6.45, 7) is 14.1. The highest BCUT2D eigenvalue weighted by molar-refractivity contribution is 5.68. The Hall–Kier alpha value is -0.770. The quantitative estimate of drug-likeness (QED) is 0.761. The molecule has 1 fully saturated rings. The highest BCUT2D eigenvalue weighted by Gasteiger charge is 2.29. The van der Waals surface area contributed by atoms with Crippen LogP contribution in [0.3, 0.4) is 0 Å². The number of amides is 1. The molecule has 20 heavy (non-hydrogen) atoms. The van der Waals surface area contributed by atoms with Gasteiger partial charge in [0, 0.05) is 13.1 Å². The first-order chi connectivity index (χ1) is 9.28. The molecule has 0 spiro atoms. The minimum atomic E-state index is -0.395. The predicted molar refractivity (Wildman–Crippen MR) is 82.9 cm³/mol. The van der Waals surface area contributed by atoms with Crippen LogP contribution in [-0.2, 0) is 4.74 Å². The number of hydrogen-bond donors (Lipinski definition) is 1. The Morgan fingerprint density at radius 3 is 2.65 bits per heavy atom. The van der Waals surface area contributed by atoms with E-state index >= 15 is 0 Å². The summed E-state index contributed by atoms with van der Waals surface area (Å²) in [6.07, 6.45) is 3.32. The summed E-state index contributed by atoms with van der Waals surface area (Å²) < 4.78 is 5.41. The van der Waals surface area contributed by atoms with Gasteiger partial charge in [0.1, 0.15) is 5.60 Å². The second-order valence-corrected chi connectivity index (χ2v) is 7.30. The molecule has 1 unspecified atom stereocenters. The molecule has 1 aliphatic heterocycles. The second-order valence-electron chi connectivity index (χ2n) is 7.30. The van der Waals surface area contributed by atoms with Crippen molar-refractivity contribution in [3.05, 3.63) is 0 Å². The van der Waals surface area contributed by atoms with Gasteiger partial charge in [-0.05, 0) is 65.0 Å². The second kappa shape index (κ2) is 7.87. The highest BCUT2D eigenvalue weighted by Crippen LogP contribution is 2.21. The van der Waals surface area contributed by atoms with Crippen LogP contribution in [0, 0.1) is 11.8 Å². The maximum absolute atomic E-state index is 11.9. The molecule has 0 saturated carbocycles. The van der Waals surface area contributed by atoms with Gasteiger partial charge in [-0.1, -0.05) is 13.8 Å². The molecule has 0 aromatic heterocycles. The Morgan fingerprint density at radius 2 is 2.05 bits per heavy atom. The average molecular weight is 284 g/mol. The summed E-state index contributed by atoms with van der Waals surface area (Å²) in [4.78, 5) is 13.8. The summed E-state index contributed by atoms with van der Waals surface area (Å²) in [5, 5.41) is 3.49. The van der Waals surface area contributed by atoms with Crippen molar-refractivity contribution < 1.29 is 9.53 Å².